The first-order chi connectivity index (χ1) is 23.4. The lowest BCUT2D eigenvalue weighted by Gasteiger charge is -2.28. The highest BCUT2D eigenvalue weighted by Gasteiger charge is 2.39. The van der Waals surface area contributed by atoms with Gasteiger partial charge < -0.3 is 25.0 Å². The van der Waals surface area contributed by atoms with Crippen LogP contribution in [-0.2, 0) is 32.2 Å². The lowest BCUT2D eigenvalue weighted by molar-refractivity contribution is -0.126. The second kappa shape index (κ2) is 15.6. The molecule has 2 atom stereocenters. The second-order valence-electron chi connectivity index (χ2n) is 11.3. The summed E-state index contributed by atoms with van der Waals surface area (Å²) in [5.41, 5.74) is 4.93. The van der Waals surface area contributed by atoms with Crippen LogP contribution in [0.1, 0.15) is 28.9 Å². The third-order valence-electron chi connectivity index (χ3n) is 7.88. The molecule has 0 bridgehead atoms. The largest absolute Gasteiger partial charge is 0.445 e. The summed E-state index contributed by atoms with van der Waals surface area (Å²) in [6.45, 7) is 5.14. The van der Waals surface area contributed by atoms with Crippen LogP contribution in [0, 0.1) is 0 Å². The van der Waals surface area contributed by atoms with Gasteiger partial charge in [0.05, 0.1) is 25.4 Å². The molecule has 1 unspecified atom stereocenters. The lowest BCUT2D eigenvalue weighted by atomic mass is 10.1. The zero-order chi connectivity index (χ0) is 33.3. The predicted molar refractivity (Wildman–Crippen MR) is 186 cm³/mol. The molecule has 1 aromatic heterocycles. The number of amides is 3. The van der Waals surface area contributed by atoms with E-state index in [2.05, 4.69) is 20.5 Å². The number of hydrogen-bond donors (Lipinski definition) is 2. The van der Waals surface area contributed by atoms with Crippen molar-refractivity contribution in [2.45, 2.75) is 31.4 Å². The van der Waals surface area contributed by atoms with E-state index in [0.717, 1.165) is 41.2 Å². The molecule has 6 rings (SSSR count). The summed E-state index contributed by atoms with van der Waals surface area (Å²) in [5.74, 6) is -0.487. The topological polar surface area (TPSA) is 125 Å². The Morgan fingerprint density at radius 3 is 2.42 bits per heavy atom. The molecule has 11 nitrogen and oxygen atoms in total. The Morgan fingerprint density at radius 2 is 1.71 bits per heavy atom. The summed E-state index contributed by atoms with van der Waals surface area (Å²) in [7, 11) is 0. The van der Waals surface area contributed by atoms with Gasteiger partial charge in [0, 0.05) is 36.9 Å². The van der Waals surface area contributed by atoms with E-state index in [0.29, 0.717) is 30.6 Å². The molecule has 2 aliphatic rings. The minimum Gasteiger partial charge on any atom is -0.445 e. The fourth-order valence-corrected chi connectivity index (χ4v) is 6.41. The molecule has 2 saturated heterocycles. The van der Waals surface area contributed by atoms with E-state index in [1.54, 1.807) is 36.4 Å². The van der Waals surface area contributed by atoms with Crippen LogP contribution in [0.15, 0.2) is 108 Å². The fraction of sp³-hybridized carbons (Fsp3) is 0.250. The Morgan fingerprint density at radius 1 is 0.979 bits per heavy atom. The van der Waals surface area contributed by atoms with Gasteiger partial charge in [-0.2, -0.15) is 0 Å². The van der Waals surface area contributed by atoms with Crippen LogP contribution in [0.2, 0.25) is 0 Å². The Kier molecular flexibility index (Phi) is 10.6. The van der Waals surface area contributed by atoms with Crippen LogP contribution >= 0.6 is 11.8 Å². The fourth-order valence-electron chi connectivity index (χ4n) is 5.24. The molecule has 0 saturated carbocycles. The number of anilines is 2. The monoisotopic (exact) mass is 664 g/mol. The number of nitrogens with one attached hydrogen (secondary N) is 2. The van der Waals surface area contributed by atoms with Gasteiger partial charge in [-0.1, -0.05) is 60.3 Å². The van der Waals surface area contributed by atoms with Gasteiger partial charge in [-0.05, 0) is 66.1 Å². The minimum atomic E-state index is -0.831. The number of carbonyl (C=O) groups excluding carboxylic acids is 3. The number of carbonyl (C=O) groups is 3. The van der Waals surface area contributed by atoms with Crippen molar-refractivity contribution in [3.63, 3.8) is 0 Å². The number of aliphatic imine (C=N–C) groups is 1. The van der Waals surface area contributed by atoms with Crippen molar-refractivity contribution in [1.29, 1.82) is 0 Å². The van der Waals surface area contributed by atoms with E-state index in [1.807, 2.05) is 78.9 Å². The second-order valence-corrected chi connectivity index (χ2v) is 12.4. The number of ether oxygens (including phenoxy) is 2. The van der Waals surface area contributed by atoms with Gasteiger partial charge in [0.25, 0.3) is 0 Å². The summed E-state index contributed by atoms with van der Waals surface area (Å²) >= 11 is 1.39. The molecule has 0 spiro atoms. The quantitative estimate of drug-likeness (QED) is 0.222. The third kappa shape index (κ3) is 8.38. The van der Waals surface area contributed by atoms with E-state index < -0.39 is 23.3 Å². The smallest absolute Gasteiger partial charge is 0.408 e. The molecular formula is C36H36N6O5S. The van der Waals surface area contributed by atoms with Gasteiger partial charge in [0.2, 0.25) is 11.8 Å². The zero-order valence-corrected chi connectivity index (χ0v) is 27.3. The normalized spacial score (nSPS) is 17.6. The Balaban J connectivity index is 1.11. The average molecular weight is 665 g/mol. The molecule has 3 aromatic carbocycles. The first-order valence-corrected chi connectivity index (χ1v) is 16.6. The van der Waals surface area contributed by atoms with Crippen LogP contribution in [0.25, 0.3) is 0 Å². The van der Waals surface area contributed by atoms with Crippen LogP contribution < -0.4 is 15.5 Å². The summed E-state index contributed by atoms with van der Waals surface area (Å²) in [6.07, 6.45) is 2.76. The van der Waals surface area contributed by atoms with Crippen molar-refractivity contribution < 1.29 is 23.9 Å². The summed E-state index contributed by atoms with van der Waals surface area (Å²) in [6, 6.07) is 27.4. The highest BCUT2D eigenvalue weighted by atomic mass is 32.2. The van der Waals surface area contributed by atoms with Crippen LogP contribution in [-0.4, -0.2) is 65.3 Å². The maximum atomic E-state index is 13.8. The molecule has 4 aromatic rings. The Hall–Kier alpha value is -5.20. The van der Waals surface area contributed by atoms with E-state index in [1.165, 1.54) is 11.8 Å². The van der Waals surface area contributed by atoms with Crippen LogP contribution in [0.4, 0.5) is 21.9 Å². The molecular weight excluding hydrogens is 628 g/mol. The molecule has 3 amide bonds. The van der Waals surface area contributed by atoms with E-state index in [9.17, 15) is 14.4 Å². The highest BCUT2D eigenvalue weighted by molar-refractivity contribution is 8.15. The number of morpholine rings is 1. The molecule has 3 heterocycles. The van der Waals surface area contributed by atoms with Crippen molar-refractivity contribution in [1.82, 2.24) is 15.2 Å². The van der Waals surface area contributed by atoms with Crippen molar-refractivity contribution in [2.75, 3.05) is 36.5 Å². The molecule has 12 heteroatoms. The average Bonchev–Trinajstić information content (AvgIpc) is 3.42. The first-order valence-electron chi connectivity index (χ1n) is 15.7. The molecule has 0 radical (unpaired) electrons. The number of thioether (sulfide) groups is 1. The van der Waals surface area contributed by atoms with Gasteiger partial charge in [0.15, 0.2) is 5.17 Å². The van der Waals surface area contributed by atoms with Gasteiger partial charge in [-0.15, -0.1) is 0 Å². The number of rotatable bonds is 10. The van der Waals surface area contributed by atoms with E-state index in [4.69, 9.17) is 14.5 Å². The molecule has 2 aliphatic heterocycles. The first kappa shape index (κ1) is 32.7. The Bertz CT molecular complexity index is 1730. The molecule has 2 N–H and O–H groups in total. The molecule has 48 heavy (non-hydrogen) atoms. The van der Waals surface area contributed by atoms with E-state index >= 15 is 0 Å². The molecule has 2 fully saturated rings. The standard InChI is InChI=1S/C36H36N6O5S/c1-25(38-36(45)47-24-26-6-3-2-4-7-26)33(43)39-29-11-9-28(10-12-29)32-34(44)42(23-27-8-5-17-37-22-27)35(48-32)40-30-13-15-31(16-14-30)41-18-20-46-21-19-41/h2-17,22,25,32H,18-21,23-24H2,1H3,(H,38,45)(H,39,43)/t25-,32?/m0/s1. The number of amidine groups is 1. The lowest BCUT2D eigenvalue weighted by Crippen LogP contribution is -2.41. The summed E-state index contributed by atoms with van der Waals surface area (Å²) in [4.78, 5) is 51.9. The number of nitrogens with zero attached hydrogens (tertiary/aromatic N) is 4. The van der Waals surface area contributed by atoms with Gasteiger partial charge in [0.1, 0.15) is 17.9 Å². The predicted octanol–water partition coefficient (Wildman–Crippen LogP) is 5.68. The zero-order valence-electron chi connectivity index (χ0n) is 26.5. The van der Waals surface area contributed by atoms with E-state index in [-0.39, 0.29) is 12.5 Å². The number of benzene rings is 3. The number of hydrogen-bond acceptors (Lipinski definition) is 9. The maximum absolute atomic E-state index is 13.8. The van der Waals surface area contributed by atoms with Gasteiger partial charge in [-0.3, -0.25) is 19.5 Å². The molecule has 246 valence electrons. The van der Waals surface area contributed by atoms with Crippen molar-refractivity contribution in [3.05, 3.63) is 120 Å². The van der Waals surface area contributed by atoms with Crippen molar-refractivity contribution in [2.24, 2.45) is 4.99 Å². The van der Waals surface area contributed by atoms with Crippen LogP contribution in [0.5, 0.6) is 0 Å². The SMILES string of the molecule is C[C@H](NC(=O)OCc1ccccc1)C(=O)Nc1ccc(C2SC(=Nc3ccc(N4CCOCC4)cc3)N(Cc3cccnc3)C2=O)cc1. The molecule has 0 aliphatic carbocycles. The minimum absolute atomic E-state index is 0.0869. The Labute approximate surface area is 283 Å². The van der Waals surface area contributed by atoms with Crippen molar-refractivity contribution in [3.8, 4) is 0 Å². The number of alkyl carbamates (subject to hydrolysis) is 1. The summed E-state index contributed by atoms with van der Waals surface area (Å²) in [5, 5.41) is 5.44. The van der Waals surface area contributed by atoms with Crippen LogP contribution in [0.3, 0.4) is 0 Å². The van der Waals surface area contributed by atoms with Gasteiger partial charge >= 0.3 is 6.09 Å². The number of aromatic nitrogens is 1. The van der Waals surface area contributed by atoms with Gasteiger partial charge in [-0.25, -0.2) is 9.79 Å². The summed E-state index contributed by atoms with van der Waals surface area (Å²) < 4.78 is 10.7. The van der Waals surface area contributed by atoms with Crippen molar-refractivity contribution >= 4 is 51.9 Å². The third-order valence-corrected chi connectivity index (χ3v) is 9.11. The maximum Gasteiger partial charge on any atom is 0.408 e. The highest BCUT2D eigenvalue weighted by Crippen LogP contribution is 2.41. The number of pyridine rings is 1.